The summed E-state index contributed by atoms with van der Waals surface area (Å²) < 4.78 is 18.9. The lowest BCUT2D eigenvalue weighted by atomic mass is 10.1. The Bertz CT molecular complexity index is 772. The zero-order valence-corrected chi connectivity index (χ0v) is 17.1. The van der Waals surface area contributed by atoms with Crippen LogP contribution in [0, 0.1) is 17.1 Å². The van der Waals surface area contributed by atoms with Crippen molar-refractivity contribution in [2.24, 2.45) is 4.99 Å². The van der Waals surface area contributed by atoms with Crippen molar-refractivity contribution in [3.8, 4) is 11.8 Å². The Kier molecular flexibility index (Phi) is 9.44. The van der Waals surface area contributed by atoms with E-state index in [2.05, 4.69) is 15.6 Å². The first-order valence-electron chi connectivity index (χ1n) is 7.92. The van der Waals surface area contributed by atoms with Crippen molar-refractivity contribution < 1.29 is 9.13 Å². The van der Waals surface area contributed by atoms with Gasteiger partial charge in [0.15, 0.2) is 5.96 Å². The van der Waals surface area contributed by atoms with Crippen LogP contribution in [0.4, 0.5) is 4.39 Å². The van der Waals surface area contributed by atoms with E-state index in [0.29, 0.717) is 23.6 Å². The van der Waals surface area contributed by atoms with E-state index >= 15 is 0 Å². The molecule has 0 atom stereocenters. The van der Waals surface area contributed by atoms with Gasteiger partial charge in [0.2, 0.25) is 0 Å². The molecule has 138 valence electrons. The number of ether oxygens (including phenoxy) is 1. The van der Waals surface area contributed by atoms with E-state index in [4.69, 9.17) is 10.00 Å². The second-order valence-electron chi connectivity index (χ2n) is 5.37. The Morgan fingerprint density at radius 3 is 2.54 bits per heavy atom. The van der Waals surface area contributed by atoms with Crippen LogP contribution in [0.3, 0.4) is 0 Å². The number of nitrogens with zero attached hydrogens (tertiary/aromatic N) is 2. The first-order chi connectivity index (χ1) is 12.2. The molecule has 0 amide bonds. The molecular formula is C19H22FIN4O. The molecule has 0 unspecified atom stereocenters. The number of hydrogen-bond donors (Lipinski definition) is 2. The van der Waals surface area contributed by atoms with Crippen molar-refractivity contribution in [2.45, 2.75) is 13.0 Å². The highest BCUT2D eigenvalue weighted by atomic mass is 127. The van der Waals surface area contributed by atoms with Gasteiger partial charge < -0.3 is 15.4 Å². The summed E-state index contributed by atoms with van der Waals surface area (Å²) in [5.41, 5.74) is 2.04. The molecule has 0 saturated carbocycles. The molecule has 0 fully saturated rings. The molecule has 7 heteroatoms. The predicted octanol–water partition coefficient (Wildman–Crippen LogP) is 3.23. The van der Waals surface area contributed by atoms with Crippen LogP contribution in [0.1, 0.15) is 16.7 Å². The maximum atomic E-state index is 13.8. The number of benzene rings is 2. The molecule has 0 radical (unpaired) electrons. The summed E-state index contributed by atoms with van der Waals surface area (Å²) in [7, 11) is 3.30. The molecule has 0 saturated heterocycles. The van der Waals surface area contributed by atoms with Gasteiger partial charge in [-0.15, -0.1) is 24.0 Å². The van der Waals surface area contributed by atoms with Crippen molar-refractivity contribution in [1.29, 1.82) is 5.26 Å². The molecule has 5 nitrogen and oxygen atoms in total. The third-order valence-corrected chi connectivity index (χ3v) is 3.71. The maximum Gasteiger partial charge on any atom is 0.191 e. The van der Waals surface area contributed by atoms with Gasteiger partial charge in [0.1, 0.15) is 11.6 Å². The topological polar surface area (TPSA) is 69.4 Å². The molecule has 0 aliphatic heterocycles. The molecule has 0 spiro atoms. The van der Waals surface area contributed by atoms with Crippen molar-refractivity contribution in [3.05, 3.63) is 65.0 Å². The number of rotatable bonds is 6. The van der Waals surface area contributed by atoms with Crippen molar-refractivity contribution in [1.82, 2.24) is 10.6 Å². The van der Waals surface area contributed by atoms with Gasteiger partial charge in [-0.25, -0.2) is 4.39 Å². The first-order valence-corrected chi connectivity index (χ1v) is 7.92. The summed E-state index contributed by atoms with van der Waals surface area (Å²) >= 11 is 0. The van der Waals surface area contributed by atoms with Gasteiger partial charge in [0, 0.05) is 25.7 Å². The van der Waals surface area contributed by atoms with Crippen LogP contribution in [0.2, 0.25) is 0 Å². The monoisotopic (exact) mass is 468 g/mol. The van der Waals surface area contributed by atoms with E-state index < -0.39 is 0 Å². The lowest BCUT2D eigenvalue weighted by Crippen LogP contribution is -2.38. The third-order valence-electron chi connectivity index (χ3n) is 3.71. The first kappa shape index (κ1) is 21.7. The SMILES string of the molecule is CN=C(NCCc1ccc(OC)cc1)NCc1cc(C#N)ccc1F.I. The highest BCUT2D eigenvalue weighted by Gasteiger charge is 2.05. The molecule has 0 heterocycles. The van der Waals surface area contributed by atoms with Gasteiger partial charge in [-0.3, -0.25) is 4.99 Å². The lowest BCUT2D eigenvalue weighted by Gasteiger charge is -2.12. The van der Waals surface area contributed by atoms with Gasteiger partial charge in [-0.1, -0.05) is 12.1 Å². The highest BCUT2D eigenvalue weighted by molar-refractivity contribution is 14.0. The standard InChI is InChI=1S/C19H21FN4O.HI/c1-22-19(23-10-9-14-3-6-17(25-2)7-4-14)24-13-16-11-15(12-21)5-8-18(16)20;/h3-8,11H,9-10,13H2,1-2H3,(H2,22,23,24);1H. The van der Waals surface area contributed by atoms with E-state index in [0.717, 1.165) is 12.2 Å². The van der Waals surface area contributed by atoms with Crippen molar-refractivity contribution in [3.63, 3.8) is 0 Å². The zero-order chi connectivity index (χ0) is 18.1. The van der Waals surface area contributed by atoms with Gasteiger partial charge >= 0.3 is 0 Å². The molecule has 2 aromatic rings. The number of hydrogen-bond acceptors (Lipinski definition) is 3. The fourth-order valence-electron chi connectivity index (χ4n) is 2.30. The summed E-state index contributed by atoms with van der Waals surface area (Å²) in [4.78, 5) is 4.12. The third kappa shape index (κ3) is 6.52. The van der Waals surface area contributed by atoms with E-state index in [9.17, 15) is 4.39 Å². The van der Waals surface area contributed by atoms with E-state index in [-0.39, 0.29) is 36.3 Å². The number of guanidine groups is 1. The molecule has 2 N–H and O–H groups in total. The summed E-state index contributed by atoms with van der Waals surface area (Å²) in [6, 6.07) is 14.2. The Morgan fingerprint density at radius 1 is 1.19 bits per heavy atom. The minimum absolute atomic E-state index is 0. The van der Waals surface area contributed by atoms with E-state index in [1.54, 1.807) is 14.2 Å². The summed E-state index contributed by atoms with van der Waals surface area (Å²) in [5, 5.41) is 15.1. The molecular weight excluding hydrogens is 446 g/mol. The normalized spacial score (nSPS) is 10.5. The Labute approximate surface area is 170 Å². The number of aliphatic imine (C=N–C) groups is 1. The van der Waals surface area contributed by atoms with Gasteiger partial charge in [-0.2, -0.15) is 5.26 Å². The molecule has 2 rings (SSSR count). The van der Waals surface area contributed by atoms with Crippen molar-refractivity contribution >= 4 is 29.9 Å². The van der Waals surface area contributed by atoms with Crippen LogP contribution >= 0.6 is 24.0 Å². The minimum Gasteiger partial charge on any atom is -0.497 e. The quantitative estimate of drug-likeness (QED) is 0.388. The van der Waals surface area contributed by atoms with Crippen LogP contribution in [0.15, 0.2) is 47.5 Å². The van der Waals surface area contributed by atoms with Gasteiger partial charge in [0.05, 0.1) is 18.7 Å². The minimum atomic E-state index is -0.347. The predicted molar refractivity (Wildman–Crippen MR) is 111 cm³/mol. The van der Waals surface area contributed by atoms with Crippen LogP contribution in [-0.4, -0.2) is 26.7 Å². The summed E-state index contributed by atoms with van der Waals surface area (Å²) in [6.45, 7) is 0.941. The second kappa shape index (κ2) is 11.3. The Hall–Kier alpha value is -2.34. The second-order valence-corrected chi connectivity index (χ2v) is 5.37. The highest BCUT2D eigenvalue weighted by Crippen LogP contribution is 2.11. The van der Waals surface area contributed by atoms with Crippen LogP contribution in [0.25, 0.3) is 0 Å². The summed E-state index contributed by atoms with van der Waals surface area (Å²) in [6.07, 6.45) is 0.822. The zero-order valence-electron chi connectivity index (χ0n) is 14.8. The van der Waals surface area contributed by atoms with E-state index in [1.165, 1.54) is 23.8 Å². The number of nitriles is 1. The maximum absolute atomic E-state index is 13.8. The average molecular weight is 468 g/mol. The fraction of sp³-hybridized carbons (Fsp3) is 0.263. The molecule has 0 aliphatic carbocycles. The molecule has 0 bridgehead atoms. The Morgan fingerprint density at radius 2 is 1.92 bits per heavy atom. The van der Waals surface area contributed by atoms with Crippen LogP contribution < -0.4 is 15.4 Å². The number of nitrogens with one attached hydrogen (secondary N) is 2. The van der Waals surface area contributed by atoms with Gasteiger partial charge in [0.25, 0.3) is 0 Å². The molecule has 2 aromatic carbocycles. The van der Waals surface area contributed by atoms with Crippen LogP contribution in [0.5, 0.6) is 5.75 Å². The van der Waals surface area contributed by atoms with E-state index in [1.807, 2.05) is 30.3 Å². The molecule has 0 aromatic heterocycles. The Balaban J connectivity index is 0.00000338. The van der Waals surface area contributed by atoms with Crippen LogP contribution in [-0.2, 0) is 13.0 Å². The number of methoxy groups -OCH3 is 1. The average Bonchev–Trinajstić information content (AvgIpc) is 2.66. The lowest BCUT2D eigenvalue weighted by molar-refractivity contribution is 0.414. The fourth-order valence-corrected chi connectivity index (χ4v) is 2.30. The smallest absolute Gasteiger partial charge is 0.191 e. The largest absolute Gasteiger partial charge is 0.497 e. The molecule has 26 heavy (non-hydrogen) atoms. The van der Waals surface area contributed by atoms with Gasteiger partial charge in [-0.05, 0) is 42.3 Å². The number of halogens is 2. The molecule has 0 aliphatic rings. The summed E-state index contributed by atoms with van der Waals surface area (Å²) in [5.74, 6) is 1.06. The van der Waals surface area contributed by atoms with Crippen molar-refractivity contribution in [2.75, 3.05) is 20.7 Å².